The van der Waals surface area contributed by atoms with Crippen molar-refractivity contribution < 1.29 is 0 Å². The SMILES string of the molecule is Sc1ccccc1-c1cc(-c2ccccc2S)c(-c2ccccc2S)c(-c2ccccc2S)c1-c1ccccc1S. The highest BCUT2D eigenvalue weighted by Gasteiger charge is 2.27. The fourth-order valence-electron chi connectivity index (χ4n) is 5.39. The summed E-state index contributed by atoms with van der Waals surface area (Å²) in [6.45, 7) is 0. The molecule has 6 aromatic carbocycles. The summed E-state index contributed by atoms with van der Waals surface area (Å²) in [5.41, 5.74) is 10.4. The van der Waals surface area contributed by atoms with E-state index in [1.807, 2.05) is 60.7 Å². The lowest BCUT2D eigenvalue weighted by atomic mass is 9.78. The van der Waals surface area contributed by atoms with Crippen molar-refractivity contribution >= 4 is 63.1 Å². The zero-order valence-corrected chi connectivity index (χ0v) is 26.3. The van der Waals surface area contributed by atoms with Crippen molar-refractivity contribution in [3.63, 3.8) is 0 Å². The Morgan fingerprint density at radius 3 is 0.780 bits per heavy atom. The van der Waals surface area contributed by atoms with Gasteiger partial charge in [-0.3, -0.25) is 0 Å². The third-order valence-corrected chi connectivity index (χ3v) is 9.19. The predicted octanol–water partition coefficient (Wildman–Crippen LogP) is 11.5. The zero-order valence-electron chi connectivity index (χ0n) is 21.9. The first kappa shape index (κ1) is 28.2. The fourth-order valence-corrected chi connectivity index (χ4v) is 6.77. The van der Waals surface area contributed by atoms with Gasteiger partial charge in [-0.05, 0) is 92.0 Å². The lowest BCUT2D eigenvalue weighted by molar-refractivity contribution is 1.37. The van der Waals surface area contributed by atoms with Crippen molar-refractivity contribution in [1.82, 2.24) is 0 Å². The van der Waals surface area contributed by atoms with E-state index in [0.29, 0.717) is 0 Å². The van der Waals surface area contributed by atoms with Gasteiger partial charge < -0.3 is 0 Å². The highest BCUT2D eigenvalue weighted by Crippen LogP contribution is 2.54. The van der Waals surface area contributed by atoms with Gasteiger partial charge in [-0.15, -0.1) is 63.1 Å². The summed E-state index contributed by atoms with van der Waals surface area (Å²) in [6, 6.07) is 43.5. The van der Waals surface area contributed by atoms with Crippen molar-refractivity contribution in [3.05, 3.63) is 127 Å². The van der Waals surface area contributed by atoms with Crippen molar-refractivity contribution in [3.8, 4) is 55.6 Å². The molecule has 0 radical (unpaired) electrons. The molecule has 0 fully saturated rings. The maximum absolute atomic E-state index is 5.00. The topological polar surface area (TPSA) is 0 Å². The van der Waals surface area contributed by atoms with Crippen LogP contribution in [0.4, 0.5) is 0 Å². The van der Waals surface area contributed by atoms with E-state index in [2.05, 4.69) is 66.7 Å². The van der Waals surface area contributed by atoms with Gasteiger partial charge in [0, 0.05) is 24.5 Å². The number of hydrogen-bond acceptors (Lipinski definition) is 5. The Hall–Kier alpha value is -2.93. The van der Waals surface area contributed by atoms with Crippen LogP contribution >= 0.6 is 63.1 Å². The molecule has 0 unspecified atom stereocenters. The molecule has 0 aromatic heterocycles. The predicted molar refractivity (Wildman–Crippen MR) is 190 cm³/mol. The van der Waals surface area contributed by atoms with Crippen molar-refractivity contribution in [2.45, 2.75) is 24.5 Å². The van der Waals surface area contributed by atoms with Crippen molar-refractivity contribution in [2.75, 3.05) is 0 Å². The minimum absolute atomic E-state index is 0.879. The van der Waals surface area contributed by atoms with Crippen LogP contribution in [0.3, 0.4) is 0 Å². The van der Waals surface area contributed by atoms with E-state index in [1.54, 1.807) is 0 Å². The Kier molecular flexibility index (Phi) is 8.34. The average Bonchev–Trinajstić information content (AvgIpc) is 2.98. The normalized spacial score (nSPS) is 11.0. The molecule has 41 heavy (non-hydrogen) atoms. The second-order valence-electron chi connectivity index (χ2n) is 9.68. The number of thiol groups is 5. The largest absolute Gasteiger partial charge is 0.143 e. The molecule has 6 aromatic rings. The number of hydrogen-bond donors (Lipinski definition) is 5. The molecule has 200 valence electrons. The summed E-state index contributed by atoms with van der Waals surface area (Å²) in [4.78, 5) is 4.43. The Labute approximate surface area is 268 Å². The fraction of sp³-hybridized carbons (Fsp3) is 0. The average molecular weight is 619 g/mol. The van der Waals surface area contributed by atoms with Crippen LogP contribution in [0.15, 0.2) is 152 Å². The van der Waals surface area contributed by atoms with Crippen LogP contribution in [0.5, 0.6) is 0 Å². The van der Waals surface area contributed by atoms with Crippen LogP contribution in [-0.4, -0.2) is 0 Å². The molecular formula is C36H26S5. The second kappa shape index (κ2) is 12.1. The maximum Gasteiger partial charge on any atom is 0.0119 e. The van der Waals surface area contributed by atoms with Crippen LogP contribution in [0.25, 0.3) is 55.6 Å². The second-order valence-corrected chi connectivity index (χ2v) is 12.1. The molecule has 0 saturated heterocycles. The lowest BCUT2D eigenvalue weighted by Crippen LogP contribution is -2.00. The molecular weight excluding hydrogens is 593 g/mol. The summed E-state index contributed by atoms with van der Waals surface area (Å²) in [7, 11) is 0. The smallest absolute Gasteiger partial charge is 0.0119 e. The summed E-state index contributed by atoms with van der Waals surface area (Å²) < 4.78 is 0. The van der Waals surface area contributed by atoms with Gasteiger partial charge in [0.25, 0.3) is 0 Å². The highest BCUT2D eigenvalue weighted by atomic mass is 32.1. The van der Waals surface area contributed by atoms with E-state index < -0.39 is 0 Å². The summed E-state index contributed by atoms with van der Waals surface area (Å²) in [5, 5.41) is 0. The number of benzene rings is 6. The van der Waals surface area contributed by atoms with E-state index in [4.69, 9.17) is 63.1 Å². The Bertz CT molecular complexity index is 1790. The molecule has 0 heterocycles. The van der Waals surface area contributed by atoms with Gasteiger partial charge in [-0.2, -0.15) is 0 Å². The van der Waals surface area contributed by atoms with Crippen LogP contribution in [0.1, 0.15) is 0 Å². The molecule has 0 bridgehead atoms. The monoisotopic (exact) mass is 618 g/mol. The van der Waals surface area contributed by atoms with Crippen LogP contribution in [-0.2, 0) is 0 Å². The molecule has 0 aliphatic heterocycles. The van der Waals surface area contributed by atoms with Crippen LogP contribution < -0.4 is 0 Å². The maximum atomic E-state index is 5.00. The van der Waals surface area contributed by atoms with Gasteiger partial charge in [0.15, 0.2) is 0 Å². The molecule has 0 spiro atoms. The van der Waals surface area contributed by atoms with E-state index >= 15 is 0 Å². The van der Waals surface area contributed by atoms with Gasteiger partial charge >= 0.3 is 0 Å². The van der Waals surface area contributed by atoms with Gasteiger partial charge in [0.05, 0.1) is 0 Å². The first-order chi connectivity index (χ1) is 20.0. The summed E-state index contributed by atoms with van der Waals surface area (Å²) in [5.74, 6) is 0. The molecule has 0 amide bonds. The summed E-state index contributed by atoms with van der Waals surface area (Å²) >= 11 is 24.8. The highest BCUT2D eigenvalue weighted by molar-refractivity contribution is 7.81. The van der Waals surface area contributed by atoms with E-state index in [9.17, 15) is 0 Å². The minimum atomic E-state index is 0.879. The minimum Gasteiger partial charge on any atom is -0.143 e. The molecule has 0 saturated carbocycles. The molecule has 0 nitrogen and oxygen atoms in total. The van der Waals surface area contributed by atoms with Crippen molar-refractivity contribution in [1.29, 1.82) is 0 Å². The first-order valence-corrected chi connectivity index (χ1v) is 15.3. The first-order valence-electron chi connectivity index (χ1n) is 13.1. The molecule has 0 aliphatic carbocycles. The molecule has 0 atom stereocenters. The molecule has 0 N–H and O–H groups in total. The Morgan fingerprint density at radius 2 is 0.488 bits per heavy atom. The standard InChI is InChI=1S/C36H26S5/c37-29-16-6-1-11-22(29)27-21-28(23-12-2-7-17-30(23)38)35(25-14-4-9-19-32(25)40)36(26-15-5-10-20-33(26)41)34(27)24-13-3-8-18-31(24)39/h1-21,37-41H. The number of rotatable bonds is 5. The van der Waals surface area contributed by atoms with Gasteiger partial charge in [-0.1, -0.05) is 91.0 Å². The Balaban J connectivity index is 1.94. The summed E-state index contributed by atoms with van der Waals surface area (Å²) in [6.07, 6.45) is 0. The van der Waals surface area contributed by atoms with E-state index in [-0.39, 0.29) is 0 Å². The van der Waals surface area contributed by atoms with E-state index in [0.717, 1.165) is 80.1 Å². The Morgan fingerprint density at radius 1 is 0.244 bits per heavy atom. The van der Waals surface area contributed by atoms with Gasteiger partial charge in [0.2, 0.25) is 0 Å². The van der Waals surface area contributed by atoms with Crippen LogP contribution in [0, 0.1) is 0 Å². The van der Waals surface area contributed by atoms with E-state index in [1.165, 1.54) is 0 Å². The molecule has 6 rings (SSSR count). The van der Waals surface area contributed by atoms with Gasteiger partial charge in [-0.25, -0.2) is 0 Å². The van der Waals surface area contributed by atoms with Crippen LogP contribution in [0.2, 0.25) is 0 Å². The zero-order chi connectivity index (χ0) is 28.5. The van der Waals surface area contributed by atoms with Gasteiger partial charge in [0.1, 0.15) is 0 Å². The third kappa shape index (κ3) is 5.38. The third-order valence-electron chi connectivity index (χ3n) is 7.24. The lowest BCUT2D eigenvalue weighted by Gasteiger charge is -2.26. The molecule has 5 heteroatoms. The van der Waals surface area contributed by atoms with Crippen molar-refractivity contribution in [2.24, 2.45) is 0 Å². The molecule has 0 aliphatic rings. The quantitative estimate of drug-likeness (QED) is 0.117.